The standard InChI is InChI=1S/C19H14ClF2NO3/c1-11-2-5-14(20)16(8-11)26-19(24)7-6-18-23-10-17(25-18)13-4-3-12(21)9-15(13)22/h2-5,8-10H,6-7H2,1H3. The van der Waals surface area contributed by atoms with Crippen LogP contribution in [0.1, 0.15) is 17.9 Å². The fraction of sp³-hybridized carbons (Fsp3) is 0.158. The second-order valence-corrected chi connectivity index (χ2v) is 6.06. The van der Waals surface area contributed by atoms with Gasteiger partial charge in [-0.3, -0.25) is 4.79 Å². The lowest BCUT2D eigenvalue weighted by atomic mass is 10.2. The third-order valence-electron chi connectivity index (χ3n) is 3.60. The average molecular weight is 378 g/mol. The van der Waals surface area contributed by atoms with Crippen LogP contribution in [0.5, 0.6) is 5.75 Å². The van der Waals surface area contributed by atoms with E-state index in [1.54, 1.807) is 12.1 Å². The van der Waals surface area contributed by atoms with Crippen molar-refractivity contribution < 1.29 is 22.7 Å². The lowest BCUT2D eigenvalue weighted by molar-refractivity contribution is -0.134. The van der Waals surface area contributed by atoms with Crippen molar-refractivity contribution in [3.8, 4) is 17.1 Å². The Hall–Kier alpha value is -2.73. The van der Waals surface area contributed by atoms with Gasteiger partial charge in [0.1, 0.15) is 17.4 Å². The van der Waals surface area contributed by atoms with Crippen LogP contribution in [-0.2, 0) is 11.2 Å². The van der Waals surface area contributed by atoms with Crippen LogP contribution in [0.15, 0.2) is 47.0 Å². The van der Waals surface area contributed by atoms with Gasteiger partial charge in [0, 0.05) is 12.5 Å². The Morgan fingerprint density at radius 2 is 2.04 bits per heavy atom. The number of esters is 1. The van der Waals surface area contributed by atoms with Crippen molar-refractivity contribution in [3.63, 3.8) is 0 Å². The van der Waals surface area contributed by atoms with Gasteiger partial charge in [-0.1, -0.05) is 17.7 Å². The molecule has 0 aliphatic rings. The second kappa shape index (κ2) is 7.66. The summed E-state index contributed by atoms with van der Waals surface area (Å²) in [5.41, 5.74) is 1.01. The van der Waals surface area contributed by atoms with E-state index in [-0.39, 0.29) is 35.8 Å². The Labute approximate surface area is 153 Å². The molecule has 0 bridgehead atoms. The van der Waals surface area contributed by atoms with E-state index in [9.17, 15) is 13.6 Å². The largest absolute Gasteiger partial charge is 0.441 e. The van der Waals surface area contributed by atoms with E-state index in [4.69, 9.17) is 20.8 Å². The van der Waals surface area contributed by atoms with E-state index in [1.807, 2.05) is 13.0 Å². The zero-order chi connectivity index (χ0) is 18.7. The van der Waals surface area contributed by atoms with Gasteiger partial charge in [0.05, 0.1) is 23.2 Å². The number of halogens is 3. The van der Waals surface area contributed by atoms with Gasteiger partial charge < -0.3 is 9.15 Å². The molecule has 0 radical (unpaired) electrons. The third-order valence-corrected chi connectivity index (χ3v) is 3.92. The molecule has 0 spiro atoms. The van der Waals surface area contributed by atoms with Gasteiger partial charge in [0.15, 0.2) is 11.7 Å². The quantitative estimate of drug-likeness (QED) is 0.457. The third kappa shape index (κ3) is 4.26. The van der Waals surface area contributed by atoms with Gasteiger partial charge >= 0.3 is 5.97 Å². The number of ether oxygens (including phenoxy) is 1. The fourth-order valence-electron chi connectivity index (χ4n) is 2.31. The molecule has 0 saturated carbocycles. The van der Waals surface area contributed by atoms with Crippen LogP contribution < -0.4 is 4.74 Å². The predicted octanol–water partition coefficient (Wildman–Crippen LogP) is 5.12. The first-order valence-corrected chi connectivity index (χ1v) is 8.17. The van der Waals surface area contributed by atoms with Gasteiger partial charge in [-0.15, -0.1) is 0 Å². The highest BCUT2D eigenvalue weighted by Crippen LogP contribution is 2.26. The lowest BCUT2D eigenvalue weighted by Gasteiger charge is -2.06. The molecule has 0 aliphatic heterocycles. The maximum absolute atomic E-state index is 13.8. The first-order valence-electron chi connectivity index (χ1n) is 7.79. The van der Waals surface area contributed by atoms with Crippen molar-refractivity contribution in [2.45, 2.75) is 19.8 Å². The number of oxazole rings is 1. The summed E-state index contributed by atoms with van der Waals surface area (Å²) in [6.07, 6.45) is 1.51. The van der Waals surface area contributed by atoms with Crippen LogP contribution in [0.25, 0.3) is 11.3 Å². The number of aryl methyl sites for hydroxylation is 2. The molecule has 26 heavy (non-hydrogen) atoms. The highest BCUT2D eigenvalue weighted by molar-refractivity contribution is 6.32. The molecule has 7 heteroatoms. The van der Waals surface area contributed by atoms with Crippen molar-refractivity contribution >= 4 is 17.6 Å². The summed E-state index contributed by atoms with van der Waals surface area (Å²) in [6.45, 7) is 1.86. The second-order valence-electron chi connectivity index (χ2n) is 5.65. The summed E-state index contributed by atoms with van der Waals surface area (Å²) >= 11 is 5.98. The van der Waals surface area contributed by atoms with Crippen LogP contribution in [-0.4, -0.2) is 11.0 Å². The normalized spacial score (nSPS) is 10.8. The highest BCUT2D eigenvalue weighted by Gasteiger charge is 2.14. The molecule has 3 rings (SSSR count). The first kappa shape index (κ1) is 18.1. The number of rotatable bonds is 5. The predicted molar refractivity (Wildman–Crippen MR) is 92.0 cm³/mol. The van der Waals surface area contributed by atoms with E-state index in [0.717, 1.165) is 17.7 Å². The number of benzene rings is 2. The van der Waals surface area contributed by atoms with E-state index in [0.29, 0.717) is 5.02 Å². The van der Waals surface area contributed by atoms with E-state index >= 15 is 0 Å². The summed E-state index contributed by atoms with van der Waals surface area (Å²) in [4.78, 5) is 16.0. The Morgan fingerprint density at radius 3 is 2.81 bits per heavy atom. The molecular weight excluding hydrogens is 364 g/mol. The molecule has 0 amide bonds. The maximum atomic E-state index is 13.8. The van der Waals surface area contributed by atoms with Gasteiger partial charge in [-0.25, -0.2) is 13.8 Å². The van der Waals surface area contributed by atoms with Gasteiger partial charge in [0.2, 0.25) is 0 Å². The molecule has 0 N–H and O–H groups in total. The molecule has 134 valence electrons. The smallest absolute Gasteiger partial charge is 0.311 e. The number of hydrogen-bond donors (Lipinski definition) is 0. The van der Waals surface area contributed by atoms with Crippen LogP contribution in [0, 0.1) is 18.6 Å². The van der Waals surface area contributed by atoms with E-state index < -0.39 is 17.6 Å². The Bertz CT molecular complexity index is 956. The fourth-order valence-corrected chi connectivity index (χ4v) is 2.47. The molecule has 0 aliphatic carbocycles. The zero-order valence-electron chi connectivity index (χ0n) is 13.8. The zero-order valence-corrected chi connectivity index (χ0v) is 14.5. The Balaban J connectivity index is 1.62. The molecule has 0 unspecified atom stereocenters. The molecule has 4 nitrogen and oxygen atoms in total. The number of hydrogen-bond acceptors (Lipinski definition) is 4. The average Bonchev–Trinajstić information content (AvgIpc) is 3.05. The van der Waals surface area contributed by atoms with Crippen molar-refractivity contribution in [3.05, 3.63) is 70.7 Å². The summed E-state index contributed by atoms with van der Waals surface area (Å²) < 4.78 is 37.4. The molecule has 0 atom stereocenters. The number of carbonyl (C=O) groups excluding carboxylic acids is 1. The first-order chi connectivity index (χ1) is 12.4. The monoisotopic (exact) mass is 377 g/mol. The van der Waals surface area contributed by atoms with Crippen molar-refractivity contribution in [1.82, 2.24) is 4.98 Å². The van der Waals surface area contributed by atoms with Crippen molar-refractivity contribution in [1.29, 1.82) is 0 Å². The number of aromatic nitrogens is 1. The SMILES string of the molecule is Cc1ccc(Cl)c(OC(=O)CCc2ncc(-c3ccc(F)cc3F)o2)c1. The summed E-state index contributed by atoms with van der Waals surface area (Å²) in [7, 11) is 0. The van der Waals surface area contributed by atoms with Gasteiger partial charge in [-0.05, 0) is 36.8 Å². The molecule has 0 fully saturated rings. The van der Waals surface area contributed by atoms with Gasteiger partial charge in [-0.2, -0.15) is 0 Å². The Kier molecular flexibility index (Phi) is 5.32. The minimum Gasteiger partial charge on any atom is -0.441 e. The van der Waals surface area contributed by atoms with E-state index in [2.05, 4.69) is 4.98 Å². The summed E-state index contributed by atoms with van der Waals surface area (Å²) in [5, 5.41) is 0.342. The minimum atomic E-state index is -0.749. The van der Waals surface area contributed by atoms with Crippen LogP contribution in [0.3, 0.4) is 0 Å². The molecule has 1 aromatic heterocycles. The van der Waals surface area contributed by atoms with Crippen LogP contribution in [0.2, 0.25) is 5.02 Å². The lowest BCUT2D eigenvalue weighted by Crippen LogP contribution is -2.09. The highest BCUT2D eigenvalue weighted by atomic mass is 35.5. The van der Waals surface area contributed by atoms with Crippen molar-refractivity contribution in [2.24, 2.45) is 0 Å². The molecular formula is C19H14ClF2NO3. The topological polar surface area (TPSA) is 52.3 Å². The summed E-state index contributed by atoms with van der Waals surface area (Å²) in [5.74, 6) is -1.23. The molecule has 3 aromatic rings. The van der Waals surface area contributed by atoms with E-state index in [1.165, 1.54) is 12.3 Å². The molecule has 1 heterocycles. The number of nitrogens with zero attached hydrogens (tertiary/aromatic N) is 1. The molecule has 0 saturated heterocycles. The minimum absolute atomic E-state index is 0.0100. The number of carbonyl (C=O) groups is 1. The van der Waals surface area contributed by atoms with Crippen LogP contribution in [0.4, 0.5) is 8.78 Å². The molecule has 2 aromatic carbocycles. The van der Waals surface area contributed by atoms with Gasteiger partial charge in [0.25, 0.3) is 0 Å². The van der Waals surface area contributed by atoms with Crippen LogP contribution >= 0.6 is 11.6 Å². The summed E-state index contributed by atoms with van der Waals surface area (Å²) in [6, 6.07) is 8.29. The maximum Gasteiger partial charge on any atom is 0.311 e. The van der Waals surface area contributed by atoms with Crippen molar-refractivity contribution in [2.75, 3.05) is 0 Å². The Morgan fingerprint density at radius 1 is 1.23 bits per heavy atom.